The Hall–Kier alpha value is -2.13. The lowest BCUT2D eigenvalue weighted by Crippen LogP contribution is -2.59. The Labute approximate surface area is 149 Å². The highest BCUT2D eigenvalue weighted by molar-refractivity contribution is 7.80. The molecule has 1 aromatic carbocycles. The normalized spacial score (nSPS) is 21.6. The van der Waals surface area contributed by atoms with E-state index < -0.39 is 11.3 Å². The number of carbonyl (C=O) groups excluding carboxylic acids is 2. The van der Waals surface area contributed by atoms with E-state index in [0.717, 1.165) is 0 Å². The molecule has 3 atom stereocenters. The molecule has 2 rings (SSSR count). The van der Waals surface area contributed by atoms with E-state index in [0.29, 0.717) is 30.9 Å². The summed E-state index contributed by atoms with van der Waals surface area (Å²) in [6.45, 7) is 6.64. The van der Waals surface area contributed by atoms with E-state index >= 15 is 0 Å². The third kappa shape index (κ3) is 4.70. The van der Waals surface area contributed by atoms with Gasteiger partial charge in [-0.05, 0) is 45.0 Å². The molecule has 0 spiro atoms. The average Bonchev–Trinajstić information content (AvgIpc) is 2.54. The molecule has 1 fully saturated rings. The molecule has 2 amide bonds. The lowest BCUT2D eigenvalue weighted by Gasteiger charge is -2.43. The Balaban J connectivity index is 2.06. The lowest BCUT2D eigenvalue weighted by molar-refractivity contribution is 0.0228. The molecule has 1 aliphatic heterocycles. The summed E-state index contributed by atoms with van der Waals surface area (Å²) in [5.41, 5.74) is 0.852. The van der Waals surface area contributed by atoms with Crippen LogP contribution in [0.25, 0.3) is 0 Å². The van der Waals surface area contributed by atoms with Crippen molar-refractivity contribution >= 4 is 29.0 Å². The zero-order chi connectivity index (χ0) is 18.6. The van der Waals surface area contributed by atoms with Gasteiger partial charge in [0.1, 0.15) is 0 Å². The first kappa shape index (κ1) is 19.2. The summed E-state index contributed by atoms with van der Waals surface area (Å²) in [6.07, 6.45) is -0.365. The van der Waals surface area contributed by atoms with Gasteiger partial charge < -0.3 is 18.9 Å². The second kappa shape index (κ2) is 8.30. The Kier molecular flexibility index (Phi) is 6.38. The van der Waals surface area contributed by atoms with E-state index in [9.17, 15) is 18.4 Å². The van der Waals surface area contributed by atoms with Crippen molar-refractivity contribution in [1.82, 2.24) is 9.80 Å². The van der Waals surface area contributed by atoms with Crippen molar-refractivity contribution in [3.8, 4) is 0 Å². The van der Waals surface area contributed by atoms with Gasteiger partial charge in [-0.2, -0.15) is 0 Å². The predicted octanol–water partition coefficient (Wildman–Crippen LogP) is 1.58. The molecule has 1 unspecified atom stereocenters. The van der Waals surface area contributed by atoms with Gasteiger partial charge in [-0.1, -0.05) is 0 Å². The Morgan fingerprint density at radius 3 is 2.28 bits per heavy atom. The van der Waals surface area contributed by atoms with Crippen LogP contribution < -0.4 is 4.72 Å². The van der Waals surface area contributed by atoms with Crippen molar-refractivity contribution in [2.75, 3.05) is 24.4 Å². The summed E-state index contributed by atoms with van der Waals surface area (Å²) in [6, 6.07) is 5.90. The van der Waals surface area contributed by atoms with Crippen LogP contribution in [0.15, 0.2) is 24.3 Å². The molecule has 9 heteroatoms. The summed E-state index contributed by atoms with van der Waals surface area (Å²) in [5, 5.41) is 0. The number of carbonyl (C=O) groups is 2. The van der Waals surface area contributed by atoms with Gasteiger partial charge in [-0.3, -0.25) is 13.9 Å². The molecule has 0 aromatic heterocycles. The fraction of sp³-hybridized carbons (Fsp3) is 0.500. The molecule has 0 saturated carbocycles. The summed E-state index contributed by atoms with van der Waals surface area (Å²) in [7, 11) is 0. The average molecular weight is 368 g/mol. The number of anilines is 1. The van der Waals surface area contributed by atoms with Gasteiger partial charge in [-0.25, -0.2) is 4.79 Å². The first-order valence-electron chi connectivity index (χ1n) is 8.03. The topological polar surface area (TPSA) is 102 Å². The molecule has 138 valence electrons. The number of hydrogen-bond acceptors (Lipinski definition) is 5. The van der Waals surface area contributed by atoms with Crippen LogP contribution in [0.4, 0.5) is 10.5 Å². The molecule has 1 aliphatic rings. The first-order valence-corrected chi connectivity index (χ1v) is 9.11. The van der Waals surface area contributed by atoms with Crippen LogP contribution >= 0.6 is 0 Å². The van der Waals surface area contributed by atoms with Gasteiger partial charge in [0.25, 0.3) is 5.91 Å². The molecule has 1 N–H and O–H groups in total. The summed E-state index contributed by atoms with van der Waals surface area (Å²) in [5.74, 6) is -0.156. The summed E-state index contributed by atoms with van der Waals surface area (Å²) < 4.78 is 28.5. The number of amides is 2. The van der Waals surface area contributed by atoms with Crippen LogP contribution in [0.3, 0.4) is 0 Å². The van der Waals surface area contributed by atoms with E-state index in [1.165, 1.54) is 12.1 Å². The fourth-order valence-corrected chi connectivity index (χ4v) is 3.33. The van der Waals surface area contributed by atoms with Crippen molar-refractivity contribution in [2.45, 2.75) is 32.9 Å². The molecule has 0 aliphatic carbocycles. The molecular formula is C16H22N3O5S-. The molecule has 25 heavy (non-hydrogen) atoms. The minimum Gasteiger partial charge on any atom is -0.755 e. The Morgan fingerprint density at radius 2 is 1.80 bits per heavy atom. The van der Waals surface area contributed by atoms with Crippen molar-refractivity contribution < 1.29 is 23.1 Å². The highest BCUT2D eigenvalue weighted by atomic mass is 32.2. The number of nitrogens with one attached hydrogen (secondary N) is 1. The zero-order valence-electron chi connectivity index (χ0n) is 14.4. The van der Waals surface area contributed by atoms with Crippen LogP contribution in [0.1, 0.15) is 31.1 Å². The highest BCUT2D eigenvalue weighted by Gasteiger charge is 2.35. The predicted molar refractivity (Wildman–Crippen MR) is 92.7 cm³/mol. The second-order valence-electron chi connectivity index (χ2n) is 5.93. The minimum atomic E-state index is -2.40. The van der Waals surface area contributed by atoms with E-state index in [4.69, 9.17) is 4.74 Å². The van der Waals surface area contributed by atoms with Crippen LogP contribution in [0.5, 0.6) is 0 Å². The van der Waals surface area contributed by atoms with E-state index in [1.807, 2.05) is 13.8 Å². The molecule has 1 aromatic rings. The standard InChI is InChI=1S/C16H23N3O5S/c1-4-24-16(21)19-11(2)9-18(10-12(19)3)15(20)13-5-7-14(8-6-13)17-25(22)23/h5-8,11-12,17H,4,9-10H2,1-3H3,(H,22,23)/p-1/t11-,12+. The van der Waals surface area contributed by atoms with Gasteiger partial charge in [0.15, 0.2) is 0 Å². The van der Waals surface area contributed by atoms with Crippen molar-refractivity contribution in [3.05, 3.63) is 29.8 Å². The second-order valence-corrected chi connectivity index (χ2v) is 6.60. The Bertz CT molecular complexity index is 640. The van der Waals surface area contributed by atoms with Crippen molar-refractivity contribution in [3.63, 3.8) is 0 Å². The van der Waals surface area contributed by atoms with Crippen LogP contribution in [-0.2, 0) is 16.0 Å². The smallest absolute Gasteiger partial charge is 0.410 e. The summed E-state index contributed by atoms with van der Waals surface area (Å²) in [4.78, 5) is 28.1. The van der Waals surface area contributed by atoms with E-state index in [1.54, 1.807) is 28.9 Å². The monoisotopic (exact) mass is 368 g/mol. The SMILES string of the molecule is CCOC(=O)N1[C@H](C)CN(C(=O)c2ccc(NS(=O)[O-])cc2)C[C@@H]1C. The van der Waals surface area contributed by atoms with E-state index in [2.05, 4.69) is 4.72 Å². The zero-order valence-corrected chi connectivity index (χ0v) is 15.2. The maximum absolute atomic E-state index is 12.7. The first-order chi connectivity index (χ1) is 11.8. The number of benzene rings is 1. The number of piperazine rings is 1. The Morgan fingerprint density at radius 1 is 1.24 bits per heavy atom. The third-order valence-electron chi connectivity index (χ3n) is 4.02. The highest BCUT2D eigenvalue weighted by Crippen LogP contribution is 2.20. The quantitative estimate of drug-likeness (QED) is 0.813. The van der Waals surface area contributed by atoms with E-state index in [-0.39, 0.29) is 24.1 Å². The molecule has 0 bridgehead atoms. The minimum absolute atomic E-state index is 0.156. The maximum Gasteiger partial charge on any atom is 0.410 e. The number of rotatable bonds is 4. The van der Waals surface area contributed by atoms with Gasteiger partial charge in [-0.15, -0.1) is 0 Å². The molecule has 8 nitrogen and oxygen atoms in total. The number of ether oxygens (including phenoxy) is 1. The largest absolute Gasteiger partial charge is 0.755 e. The van der Waals surface area contributed by atoms with Crippen molar-refractivity contribution in [1.29, 1.82) is 0 Å². The molecular weight excluding hydrogens is 346 g/mol. The lowest BCUT2D eigenvalue weighted by atomic mass is 10.1. The number of hydrogen-bond donors (Lipinski definition) is 1. The third-order valence-corrected chi connectivity index (χ3v) is 4.42. The fourth-order valence-electron chi connectivity index (χ4n) is 3.01. The van der Waals surface area contributed by atoms with Gasteiger partial charge in [0, 0.05) is 35.6 Å². The van der Waals surface area contributed by atoms with Gasteiger partial charge in [0.05, 0.1) is 18.7 Å². The van der Waals surface area contributed by atoms with Crippen LogP contribution in [0, 0.1) is 0 Å². The van der Waals surface area contributed by atoms with Gasteiger partial charge in [0.2, 0.25) is 0 Å². The summed E-state index contributed by atoms with van der Waals surface area (Å²) >= 11 is -2.40. The maximum atomic E-state index is 12.7. The van der Waals surface area contributed by atoms with Crippen LogP contribution in [0.2, 0.25) is 0 Å². The van der Waals surface area contributed by atoms with Gasteiger partial charge >= 0.3 is 6.09 Å². The number of nitrogens with zero attached hydrogens (tertiary/aromatic N) is 2. The molecule has 0 radical (unpaired) electrons. The van der Waals surface area contributed by atoms with Crippen molar-refractivity contribution in [2.24, 2.45) is 0 Å². The molecule has 1 heterocycles. The molecule has 1 saturated heterocycles. The van der Waals surface area contributed by atoms with Crippen LogP contribution in [-0.4, -0.2) is 62.3 Å².